The predicted octanol–water partition coefficient (Wildman–Crippen LogP) is 1.78. The van der Waals surface area contributed by atoms with Crippen molar-refractivity contribution < 1.29 is 4.79 Å². The van der Waals surface area contributed by atoms with E-state index in [-0.39, 0.29) is 5.91 Å². The van der Waals surface area contributed by atoms with Gasteiger partial charge >= 0.3 is 0 Å². The highest BCUT2D eigenvalue weighted by Crippen LogP contribution is 2.26. The molecule has 0 aromatic heterocycles. The molecule has 0 saturated heterocycles. The Kier molecular flexibility index (Phi) is 6.88. The zero-order chi connectivity index (χ0) is 11.8. The van der Waals surface area contributed by atoms with Crippen LogP contribution in [0, 0.1) is 0 Å². The second kappa shape index (κ2) is 7.96. The summed E-state index contributed by atoms with van der Waals surface area (Å²) in [5, 5.41) is 7.08. The van der Waals surface area contributed by atoms with Gasteiger partial charge in [-0.15, -0.1) is 0 Å². The molecule has 1 rings (SSSR count). The van der Waals surface area contributed by atoms with Crippen molar-refractivity contribution >= 4 is 17.7 Å². The van der Waals surface area contributed by atoms with Crippen LogP contribution in [0.4, 0.5) is 0 Å². The summed E-state index contributed by atoms with van der Waals surface area (Å²) in [6, 6.07) is 0.552. The first kappa shape index (κ1) is 13.8. The van der Waals surface area contributed by atoms with E-state index in [1.165, 1.54) is 25.7 Å². The topological polar surface area (TPSA) is 41.1 Å². The number of hydrogen-bond donors (Lipinski definition) is 2. The molecule has 1 aliphatic rings. The number of rotatable bonds is 6. The Hall–Kier alpha value is -0.220. The molecule has 0 aromatic carbocycles. The van der Waals surface area contributed by atoms with Gasteiger partial charge in [0.15, 0.2) is 0 Å². The van der Waals surface area contributed by atoms with Gasteiger partial charge in [0.2, 0.25) is 5.91 Å². The predicted molar refractivity (Wildman–Crippen MR) is 70.9 cm³/mol. The normalized spacial score (nSPS) is 25.4. The Balaban J connectivity index is 2.07. The largest absolute Gasteiger partial charge is 0.355 e. The molecule has 16 heavy (non-hydrogen) atoms. The first-order valence-corrected chi connectivity index (χ1v) is 7.58. The molecule has 0 radical (unpaired) electrons. The van der Waals surface area contributed by atoms with E-state index in [2.05, 4.69) is 23.8 Å². The highest BCUT2D eigenvalue weighted by molar-refractivity contribution is 7.99. The van der Waals surface area contributed by atoms with Crippen molar-refractivity contribution in [3.05, 3.63) is 0 Å². The molecule has 0 unspecified atom stereocenters. The molecule has 0 aliphatic heterocycles. The minimum atomic E-state index is 0.133. The minimum Gasteiger partial charge on any atom is -0.355 e. The van der Waals surface area contributed by atoms with Gasteiger partial charge in [-0.25, -0.2) is 0 Å². The van der Waals surface area contributed by atoms with Crippen LogP contribution in [0.5, 0.6) is 0 Å². The Morgan fingerprint density at radius 2 is 2.00 bits per heavy atom. The van der Waals surface area contributed by atoms with Crippen molar-refractivity contribution in [1.29, 1.82) is 0 Å². The van der Waals surface area contributed by atoms with E-state index in [1.807, 2.05) is 11.8 Å². The highest BCUT2D eigenvalue weighted by atomic mass is 32.2. The van der Waals surface area contributed by atoms with Gasteiger partial charge in [-0.05, 0) is 38.4 Å². The van der Waals surface area contributed by atoms with Crippen molar-refractivity contribution in [2.24, 2.45) is 0 Å². The summed E-state index contributed by atoms with van der Waals surface area (Å²) in [5.74, 6) is 0.133. The molecule has 4 heteroatoms. The molecule has 2 N–H and O–H groups in total. The van der Waals surface area contributed by atoms with Crippen LogP contribution in [0.25, 0.3) is 0 Å². The maximum absolute atomic E-state index is 11.4. The standard InChI is InChI=1S/C12H24N2OS/c1-3-8-13-12(15)9-14-10-4-6-11(16-2)7-5-10/h10-11,14H,3-9H2,1-2H3,(H,13,15). The number of carbonyl (C=O) groups is 1. The average Bonchev–Trinajstić information content (AvgIpc) is 2.34. The van der Waals surface area contributed by atoms with Crippen LogP contribution in [0.3, 0.4) is 0 Å². The summed E-state index contributed by atoms with van der Waals surface area (Å²) < 4.78 is 0. The fraction of sp³-hybridized carbons (Fsp3) is 0.917. The molecule has 0 aromatic rings. The Morgan fingerprint density at radius 3 is 2.56 bits per heavy atom. The van der Waals surface area contributed by atoms with Gasteiger partial charge < -0.3 is 10.6 Å². The zero-order valence-corrected chi connectivity index (χ0v) is 11.2. The molecule has 3 nitrogen and oxygen atoms in total. The van der Waals surface area contributed by atoms with E-state index < -0.39 is 0 Å². The van der Waals surface area contributed by atoms with E-state index in [1.54, 1.807) is 0 Å². The van der Waals surface area contributed by atoms with Gasteiger partial charge in [-0.2, -0.15) is 11.8 Å². The van der Waals surface area contributed by atoms with Gasteiger partial charge in [0, 0.05) is 17.8 Å². The maximum atomic E-state index is 11.4. The monoisotopic (exact) mass is 244 g/mol. The van der Waals surface area contributed by atoms with Crippen molar-refractivity contribution in [2.75, 3.05) is 19.3 Å². The molecule has 1 aliphatic carbocycles. The van der Waals surface area contributed by atoms with Crippen LogP contribution in [-0.4, -0.2) is 36.5 Å². The summed E-state index contributed by atoms with van der Waals surface area (Å²) in [6.07, 6.45) is 8.20. The third-order valence-corrected chi connectivity index (χ3v) is 4.27. The lowest BCUT2D eigenvalue weighted by molar-refractivity contribution is -0.120. The van der Waals surface area contributed by atoms with E-state index in [0.29, 0.717) is 12.6 Å². The van der Waals surface area contributed by atoms with Crippen molar-refractivity contribution in [3.63, 3.8) is 0 Å². The highest BCUT2D eigenvalue weighted by Gasteiger charge is 2.20. The SMILES string of the molecule is CCCNC(=O)CNC1CCC(SC)CC1. The first-order chi connectivity index (χ1) is 7.76. The molecule has 0 spiro atoms. The van der Waals surface area contributed by atoms with E-state index >= 15 is 0 Å². The Labute approximate surface area is 103 Å². The maximum Gasteiger partial charge on any atom is 0.233 e. The summed E-state index contributed by atoms with van der Waals surface area (Å²) in [7, 11) is 0. The second-order valence-electron chi connectivity index (χ2n) is 4.44. The lowest BCUT2D eigenvalue weighted by Crippen LogP contribution is -2.41. The van der Waals surface area contributed by atoms with Crippen LogP contribution in [-0.2, 0) is 4.79 Å². The van der Waals surface area contributed by atoms with Crippen LogP contribution in [0.2, 0.25) is 0 Å². The first-order valence-electron chi connectivity index (χ1n) is 6.29. The molecule has 1 amide bonds. The van der Waals surface area contributed by atoms with Crippen molar-refractivity contribution in [2.45, 2.75) is 50.3 Å². The average molecular weight is 244 g/mol. The van der Waals surface area contributed by atoms with E-state index in [9.17, 15) is 4.79 Å². The molecule has 0 atom stereocenters. The molecular weight excluding hydrogens is 220 g/mol. The molecule has 0 heterocycles. The van der Waals surface area contributed by atoms with Gasteiger partial charge in [-0.3, -0.25) is 4.79 Å². The summed E-state index contributed by atoms with van der Waals surface area (Å²) in [5.41, 5.74) is 0. The van der Waals surface area contributed by atoms with Crippen LogP contribution >= 0.6 is 11.8 Å². The third-order valence-electron chi connectivity index (χ3n) is 3.13. The molecular formula is C12H24N2OS. The lowest BCUT2D eigenvalue weighted by Gasteiger charge is -2.27. The van der Waals surface area contributed by atoms with Gasteiger partial charge in [0.1, 0.15) is 0 Å². The van der Waals surface area contributed by atoms with Crippen molar-refractivity contribution in [3.8, 4) is 0 Å². The smallest absolute Gasteiger partial charge is 0.233 e. The Morgan fingerprint density at radius 1 is 1.31 bits per heavy atom. The van der Waals surface area contributed by atoms with Crippen LogP contribution in [0.15, 0.2) is 0 Å². The lowest BCUT2D eigenvalue weighted by atomic mass is 9.95. The fourth-order valence-corrected chi connectivity index (χ4v) is 2.81. The fourth-order valence-electron chi connectivity index (χ4n) is 2.07. The van der Waals surface area contributed by atoms with Crippen molar-refractivity contribution in [1.82, 2.24) is 10.6 Å². The second-order valence-corrected chi connectivity index (χ2v) is 5.58. The number of amides is 1. The zero-order valence-electron chi connectivity index (χ0n) is 10.4. The summed E-state index contributed by atoms with van der Waals surface area (Å²) >= 11 is 1.98. The van der Waals surface area contributed by atoms with Gasteiger partial charge in [0.05, 0.1) is 6.54 Å². The van der Waals surface area contributed by atoms with Crippen LogP contribution in [0.1, 0.15) is 39.0 Å². The van der Waals surface area contributed by atoms with E-state index in [4.69, 9.17) is 0 Å². The number of thioether (sulfide) groups is 1. The number of nitrogens with one attached hydrogen (secondary N) is 2. The minimum absolute atomic E-state index is 0.133. The molecule has 1 fully saturated rings. The number of hydrogen-bond acceptors (Lipinski definition) is 3. The van der Waals surface area contributed by atoms with Crippen LogP contribution < -0.4 is 10.6 Å². The molecule has 1 saturated carbocycles. The summed E-state index contributed by atoms with van der Waals surface area (Å²) in [6.45, 7) is 3.34. The summed E-state index contributed by atoms with van der Waals surface area (Å²) in [4.78, 5) is 11.4. The molecule has 0 bridgehead atoms. The van der Waals surface area contributed by atoms with Gasteiger partial charge in [-0.1, -0.05) is 6.92 Å². The van der Waals surface area contributed by atoms with E-state index in [0.717, 1.165) is 18.2 Å². The van der Waals surface area contributed by atoms with Gasteiger partial charge in [0.25, 0.3) is 0 Å². The Bertz CT molecular complexity index is 203. The quantitative estimate of drug-likeness (QED) is 0.748. The third kappa shape index (κ3) is 5.21. The molecule has 94 valence electrons. The number of carbonyl (C=O) groups excluding carboxylic acids is 1.